The third kappa shape index (κ3) is 8.89. The van der Waals surface area contributed by atoms with Gasteiger partial charge in [-0.05, 0) is 197 Å². The first kappa shape index (κ1) is 57.5. The quantitative estimate of drug-likeness (QED) is 0.122. The van der Waals surface area contributed by atoms with Gasteiger partial charge in [-0.2, -0.15) is 0 Å². The van der Waals surface area contributed by atoms with Crippen molar-refractivity contribution in [2.75, 3.05) is 0 Å². The number of rotatable bonds is 10. The molecule has 0 amide bonds. The van der Waals surface area contributed by atoms with Crippen molar-refractivity contribution >= 4 is 109 Å². The van der Waals surface area contributed by atoms with Crippen molar-refractivity contribution in [3.8, 4) is 89.8 Å². The Morgan fingerprint density at radius 3 is 0.863 bits per heavy atom. The molecule has 0 aliphatic heterocycles. The molecule has 17 aromatic carbocycles. The minimum atomic E-state index is 1.08. The van der Waals surface area contributed by atoms with Gasteiger partial charge in [-0.3, -0.25) is 0 Å². The lowest BCUT2D eigenvalue weighted by Gasteiger charge is -2.20. The second-order valence-corrected chi connectivity index (χ2v) is 27.1. The van der Waals surface area contributed by atoms with Crippen LogP contribution < -0.4 is 0 Å². The lowest BCUT2D eigenvalue weighted by Crippen LogP contribution is -1.99. The van der Waals surface area contributed by atoms with E-state index in [4.69, 9.17) is 0 Å². The van der Waals surface area contributed by atoms with Crippen LogP contribution in [0, 0.1) is 0 Å². The van der Waals surface area contributed by atoms with Crippen LogP contribution in [-0.2, 0) is 0 Å². The van der Waals surface area contributed by atoms with E-state index in [1.165, 1.54) is 87.1 Å². The van der Waals surface area contributed by atoms with Gasteiger partial charge in [0, 0.05) is 66.2 Å². The van der Waals surface area contributed by atoms with E-state index in [1.54, 1.807) is 0 Å². The Balaban J connectivity index is 0.963. The first-order valence-electron chi connectivity index (χ1n) is 35.2. The summed E-state index contributed by atoms with van der Waals surface area (Å²) in [4.78, 5) is 0. The zero-order valence-electron chi connectivity index (χ0n) is 55.6. The topological polar surface area (TPSA) is 19.7 Å². The van der Waals surface area contributed by atoms with E-state index >= 15 is 0 Å². The molecule has 474 valence electrons. The predicted octanol–water partition coefficient (Wildman–Crippen LogP) is 26.4. The van der Waals surface area contributed by atoms with Gasteiger partial charge in [-0.25, -0.2) is 0 Å². The highest BCUT2D eigenvalue weighted by Crippen LogP contribution is 2.54. The molecule has 0 saturated heterocycles. The molecule has 4 heteroatoms. The number of para-hydroxylation sites is 4. The summed E-state index contributed by atoms with van der Waals surface area (Å²) in [5, 5.41) is 16.6. The fourth-order valence-electron chi connectivity index (χ4n) is 17.1. The fraction of sp³-hybridized carbons (Fsp3) is 0. The zero-order chi connectivity index (χ0) is 66.9. The van der Waals surface area contributed by atoms with Crippen molar-refractivity contribution in [3.63, 3.8) is 0 Å². The molecule has 0 aliphatic rings. The summed E-state index contributed by atoms with van der Waals surface area (Å²) < 4.78 is 10.0. The Kier molecular flexibility index (Phi) is 13.0. The van der Waals surface area contributed by atoms with Gasteiger partial charge in [0.15, 0.2) is 0 Å². The van der Waals surface area contributed by atoms with Crippen LogP contribution in [0.15, 0.2) is 376 Å². The lowest BCUT2D eigenvalue weighted by molar-refractivity contribution is 1.13. The van der Waals surface area contributed by atoms with Crippen LogP contribution in [0.2, 0.25) is 0 Å². The Bertz CT molecular complexity index is 6520. The Hall–Kier alpha value is -13.5. The van der Waals surface area contributed by atoms with Gasteiger partial charge >= 0.3 is 0 Å². The number of fused-ring (bicyclic) bond motifs is 12. The number of nitrogens with zero attached hydrogens (tertiary/aromatic N) is 4. The number of hydrogen-bond donors (Lipinski definition) is 0. The number of benzene rings is 17. The fourth-order valence-corrected chi connectivity index (χ4v) is 17.1. The molecule has 0 N–H and O–H groups in total. The summed E-state index contributed by atoms with van der Waals surface area (Å²) in [5.74, 6) is 0. The molecule has 0 atom stereocenters. The van der Waals surface area contributed by atoms with E-state index in [9.17, 15) is 0 Å². The van der Waals surface area contributed by atoms with Crippen molar-refractivity contribution in [1.29, 1.82) is 0 Å². The molecule has 4 nitrogen and oxygen atoms in total. The third-order valence-electron chi connectivity index (χ3n) is 21.4. The maximum atomic E-state index is 2.58. The highest BCUT2D eigenvalue weighted by Gasteiger charge is 2.30. The SMILES string of the molecule is c1ccc(-c2c(-c3ccccc3)n(-c3ccc4c(c3)c3ccccc3n4-c3ccccc3)c3cc4c(-c5ccc6ccccc6c5)c5cc6c(-c7ccccc7)c(-c7ccccc7)n(-c7ccc8c(c7)c7ccccc7n8-c7ccccc7)c6cc5c(-c5ccc6ccccc6c5)c4cc23)cc1. The molecule has 0 unspecified atom stereocenters. The van der Waals surface area contributed by atoms with Crippen molar-refractivity contribution in [2.24, 2.45) is 0 Å². The summed E-state index contributed by atoms with van der Waals surface area (Å²) in [5.41, 5.74) is 25.1. The van der Waals surface area contributed by atoms with Gasteiger partial charge in [0.25, 0.3) is 0 Å². The van der Waals surface area contributed by atoms with Crippen LogP contribution in [0.5, 0.6) is 0 Å². The monoisotopic (exact) mass is 1290 g/mol. The summed E-state index contributed by atoms with van der Waals surface area (Å²) in [6.07, 6.45) is 0. The lowest BCUT2D eigenvalue weighted by atomic mass is 9.83. The third-order valence-corrected chi connectivity index (χ3v) is 21.4. The normalized spacial score (nSPS) is 11.9. The van der Waals surface area contributed by atoms with Gasteiger partial charge in [0.2, 0.25) is 0 Å². The molecule has 0 spiro atoms. The molecule has 21 rings (SSSR count). The van der Waals surface area contributed by atoms with E-state index in [2.05, 4.69) is 394 Å². The second kappa shape index (κ2) is 23.0. The van der Waals surface area contributed by atoms with Crippen molar-refractivity contribution in [1.82, 2.24) is 18.3 Å². The average molecular weight is 1300 g/mol. The predicted molar refractivity (Wildman–Crippen MR) is 431 cm³/mol. The number of hydrogen-bond acceptors (Lipinski definition) is 0. The van der Waals surface area contributed by atoms with Crippen LogP contribution in [0.1, 0.15) is 0 Å². The maximum Gasteiger partial charge on any atom is 0.0619 e. The van der Waals surface area contributed by atoms with Gasteiger partial charge in [-0.15, -0.1) is 0 Å². The first-order valence-corrected chi connectivity index (χ1v) is 35.2. The first-order chi connectivity index (χ1) is 50.6. The van der Waals surface area contributed by atoms with Crippen molar-refractivity contribution < 1.29 is 0 Å². The molecule has 0 saturated carbocycles. The molecule has 4 heterocycles. The Morgan fingerprint density at radius 2 is 0.461 bits per heavy atom. The van der Waals surface area contributed by atoms with Gasteiger partial charge < -0.3 is 18.3 Å². The molecule has 4 aromatic heterocycles. The van der Waals surface area contributed by atoms with E-state index < -0.39 is 0 Å². The van der Waals surface area contributed by atoms with Crippen molar-refractivity contribution in [2.45, 2.75) is 0 Å². The standard InChI is InChI=1S/C98H62N4/c1-7-29-65(30-8-1)95-85-59-81-83(61-91(85)101(97(95)67-33-11-3-12-34-67)75-51-53-89-79(57-75)77-43-23-25-45-87(77)99(89)73-39-15-5-16-40-73)94(72-50-48-64-28-20-22-38-70(64)56-72)82-60-86-92(62-84(82)93(81)71-49-47-63-27-19-21-37-69(63)55-71)102(98(68-35-13-4-14-36-68)96(86)66-31-9-2-10-32-66)76-52-54-90-80(58-76)78-44-24-26-46-88(78)100(90)74-41-17-6-18-42-74/h1-62H. The maximum absolute atomic E-state index is 2.58. The summed E-state index contributed by atoms with van der Waals surface area (Å²) >= 11 is 0. The van der Waals surface area contributed by atoms with E-state index in [0.29, 0.717) is 0 Å². The van der Waals surface area contributed by atoms with Crippen LogP contribution in [0.3, 0.4) is 0 Å². The highest BCUT2D eigenvalue weighted by atomic mass is 15.0. The summed E-state index contributed by atoms with van der Waals surface area (Å²) in [7, 11) is 0. The zero-order valence-corrected chi connectivity index (χ0v) is 55.6. The van der Waals surface area contributed by atoms with E-state index in [-0.39, 0.29) is 0 Å². The smallest absolute Gasteiger partial charge is 0.0619 e. The summed E-state index contributed by atoms with van der Waals surface area (Å²) in [6.45, 7) is 0. The number of aromatic nitrogens is 4. The van der Waals surface area contributed by atoms with Gasteiger partial charge in [-0.1, -0.05) is 267 Å². The van der Waals surface area contributed by atoms with E-state index in [0.717, 1.165) is 111 Å². The second-order valence-electron chi connectivity index (χ2n) is 27.1. The Labute approximate surface area is 588 Å². The molecule has 0 bridgehead atoms. The molecular formula is C98H62N4. The van der Waals surface area contributed by atoms with E-state index in [1.807, 2.05) is 0 Å². The molecular weight excluding hydrogens is 1230 g/mol. The van der Waals surface area contributed by atoms with Gasteiger partial charge in [0.1, 0.15) is 0 Å². The largest absolute Gasteiger partial charge is 0.309 e. The molecule has 0 fully saturated rings. The van der Waals surface area contributed by atoms with Crippen LogP contribution >= 0.6 is 0 Å². The molecule has 21 aromatic rings. The van der Waals surface area contributed by atoms with Crippen molar-refractivity contribution in [3.05, 3.63) is 376 Å². The van der Waals surface area contributed by atoms with Gasteiger partial charge in [0.05, 0.1) is 44.5 Å². The van der Waals surface area contributed by atoms with Crippen LogP contribution in [0.25, 0.3) is 198 Å². The molecule has 102 heavy (non-hydrogen) atoms. The highest BCUT2D eigenvalue weighted by molar-refractivity contribution is 6.28. The minimum absolute atomic E-state index is 1.08. The van der Waals surface area contributed by atoms with Crippen LogP contribution in [0.4, 0.5) is 0 Å². The molecule has 0 aliphatic carbocycles. The average Bonchev–Trinajstić information content (AvgIpc) is 1.46. The van der Waals surface area contributed by atoms with Crippen LogP contribution in [-0.4, -0.2) is 18.3 Å². The minimum Gasteiger partial charge on any atom is -0.309 e. The Morgan fingerprint density at radius 1 is 0.137 bits per heavy atom. The summed E-state index contributed by atoms with van der Waals surface area (Å²) in [6, 6.07) is 140. The molecule has 0 radical (unpaired) electrons.